The molecule has 0 aliphatic carbocycles. The number of hydrogen-bond donors (Lipinski definition) is 2. The van der Waals surface area contributed by atoms with Crippen molar-refractivity contribution in [2.24, 2.45) is 5.73 Å². The van der Waals surface area contributed by atoms with Gasteiger partial charge in [-0.1, -0.05) is 35.9 Å². The summed E-state index contributed by atoms with van der Waals surface area (Å²) in [6.07, 6.45) is 0.863. The fourth-order valence-corrected chi connectivity index (χ4v) is 5.06. The number of carbonyl (C=O) groups excluding carboxylic acids is 1. The van der Waals surface area contributed by atoms with Gasteiger partial charge < -0.3 is 10.6 Å². The Morgan fingerprint density at radius 3 is 2.47 bits per heavy atom. The molecule has 0 spiro atoms. The van der Waals surface area contributed by atoms with Gasteiger partial charge in [0, 0.05) is 43.2 Å². The Bertz CT molecular complexity index is 1060. The number of amidine groups is 1. The van der Waals surface area contributed by atoms with E-state index in [1.165, 1.54) is 10.4 Å². The van der Waals surface area contributed by atoms with E-state index in [0.717, 1.165) is 11.1 Å². The van der Waals surface area contributed by atoms with Crippen LogP contribution in [0.4, 0.5) is 0 Å². The quantitative estimate of drug-likeness (QED) is 0.522. The Labute approximate surface area is 182 Å². The number of aryl methyl sites for hydroxylation is 2. The molecule has 0 radical (unpaired) electrons. The normalized spacial score (nSPS) is 15.2. The van der Waals surface area contributed by atoms with E-state index in [-0.39, 0.29) is 29.7 Å². The van der Waals surface area contributed by atoms with E-state index >= 15 is 0 Å². The van der Waals surface area contributed by atoms with Crippen molar-refractivity contribution < 1.29 is 13.2 Å². The molecule has 1 fully saturated rings. The largest absolute Gasteiger partial charge is 0.384 e. The maximum atomic E-state index is 12.9. The molecule has 2 aromatic rings. The van der Waals surface area contributed by atoms with Crippen molar-refractivity contribution in [2.45, 2.75) is 24.7 Å². The summed E-state index contributed by atoms with van der Waals surface area (Å²) in [7, 11) is -3.64. The van der Waals surface area contributed by atoms with Gasteiger partial charge >= 0.3 is 0 Å². The lowest BCUT2D eigenvalue weighted by Crippen LogP contribution is -2.50. The fraction of sp³-hybridized carbons (Fsp3) is 0.333. The molecule has 0 unspecified atom stereocenters. The standard InChI is InChI=1S/C21H25ClN4O3S/c1-15-5-7-18(14-19(15)22)30(28,29)26-11-9-25(10-12-26)20(27)8-6-16-3-2-4-17(13-16)21(23)24/h2-5,7,13-14H,6,8-12H2,1H3,(H3,23,24). The Kier molecular flexibility index (Phi) is 6.80. The van der Waals surface area contributed by atoms with E-state index in [2.05, 4.69) is 0 Å². The Balaban J connectivity index is 1.57. The van der Waals surface area contributed by atoms with Crippen molar-refractivity contribution >= 4 is 33.4 Å². The highest BCUT2D eigenvalue weighted by atomic mass is 35.5. The summed E-state index contributed by atoms with van der Waals surface area (Å²) in [6.45, 7) is 3.02. The molecule has 1 aliphatic rings. The van der Waals surface area contributed by atoms with E-state index in [9.17, 15) is 13.2 Å². The predicted molar refractivity (Wildman–Crippen MR) is 117 cm³/mol. The number of halogens is 1. The van der Waals surface area contributed by atoms with Gasteiger partial charge in [-0.25, -0.2) is 8.42 Å². The smallest absolute Gasteiger partial charge is 0.243 e. The second kappa shape index (κ2) is 9.16. The first-order chi connectivity index (χ1) is 14.2. The maximum absolute atomic E-state index is 12.9. The Morgan fingerprint density at radius 1 is 1.13 bits per heavy atom. The van der Waals surface area contributed by atoms with Crippen molar-refractivity contribution in [2.75, 3.05) is 26.2 Å². The molecule has 0 bridgehead atoms. The lowest BCUT2D eigenvalue weighted by molar-refractivity contribution is -0.132. The van der Waals surface area contributed by atoms with Crippen LogP contribution in [0, 0.1) is 12.3 Å². The van der Waals surface area contributed by atoms with Crippen LogP contribution in [-0.4, -0.2) is 55.5 Å². The number of piperazine rings is 1. The summed E-state index contributed by atoms with van der Waals surface area (Å²) in [5.41, 5.74) is 7.90. The summed E-state index contributed by atoms with van der Waals surface area (Å²) in [5.74, 6) is -0.0194. The molecule has 1 amide bonds. The Morgan fingerprint density at radius 2 is 1.83 bits per heavy atom. The number of benzene rings is 2. The van der Waals surface area contributed by atoms with Crippen LogP contribution in [0.1, 0.15) is 23.1 Å². The number of sulfonamides is 1. The van der Waals surface area contributed by atoms with Gasteiger partial charge in [0.1, 0.15) is 5.84 Å². The highest BCUT2D eigenvalue weighted by molar-refractivity contribution is 7.89. The topological polar surface area (TPSA) is 108 Å². The van der Waals surface area contributed by atoms with Gasteiger partial charge in [0.25, 0.3) is 0 Å². The Hall–Kier alpha value is -2.42. The summed E-state index contributed by atoms with van der Waals surface area (Å²) in [6, 6.07) is 12.0. The minimum absolute atomic E-state index is 0.00429. The highest BCUT2D eigenvalue weighted by Crippen LogP contribution is 2.23. The van der Waals surface area contributed by atoms with Crippen molar-refractivity contribution in [3.05, 3.63) is 64.2 Å². The second-order valence-corrected chi connectivity index (χ2v) is 9.66. The third-order valence-corrected chi connectivity index (χ3v) is 7.54. The van der Waals surface area contributed by atoms with Gasteiger partial charge in [-0.05, 0) is 42.7 Å². The van der Waals surface area contributed by atoms with Gasteiger partial charge in [0.15, 0.2) is 0 Å². The third-order valence-electron chi connectivity index (χ3n) is 5.24. The summed E-state index contributed by atoms with van der Waals surface area (Å²) in [5, 5.41) is 7.92. The molecule has 3 N–H and O–H groups in total. The molecule has 1 heterocycles. The van der Waals surface area contributed by atoms with E-state index in [1.54, 1.807) is 23.1 Å². The zero-order valence-electron chi connectivity index (χ0n) is 16.8. The van der Waals surface area contributed by atoms with Crippen LogP contribution < -0.4 is 5.73 Å². The number of rotatable bonds is 6. The monoisotopic (exact) mass is 448 g/mol. The molecule has 0 saturated carbocycles. The van der Waals surface area contributed by atoms with Gasteiger partial charge in [-0.3, -0.25) is 10.2 Å². The van der Waals surface area contributed by atoms with Crippen LogP contribution >= 0.6 is 11.6 Å². The first-order valence-corrected chi connectivity index (χ1v) is 11.5. The van der Waals surface area contributed by atoms with E-state index in [1.807, 2.05) is 25.1 Å². The van der Waals surface area contributed by atoms with Crippen LogP contribution in [0.5, 0.6) is 0 Å². The van der Waals surface area contributed by atoms with Crippen molar-refractivity contribution in [3.63, 3.8) is 0 Å². The average molecular weight is 449 g/mol. The predicted octanol–water partition coefficient (Wildman–Crippen LogP) is 2.40. The summed E-state index contributed by atoms with van der Waals surface area (Å²) < 4.78 is 27.1. The average Bonchev–Trinajstić information content (AvgIpc) is 2.74. The lowest BCUT2D eigenvalue weighted by Gasteiger charge is -2.34. The van der Waals surface area contributed by atoms with Crippen LogP contribution in [0.2, 0.25) is 5.02 Å². The molecule has 2 aromatic carbocycles. The zero-order valence-corrected chi connectivity index (χ0v) is 18.3. The van der Waals surface area contributed by atoms with Gasteiger partial charge in [-0.15, -0.1) is 0 Å². The lowest BCUT2D eigenvalue weighted by atomic mass is 10.1. The third kappa shape index (κ3) is 5.00. The number of amides is 1. The van der Waals surface area contributed by atoms with Gasteiger partial charge in [0.2, 0.25) is 15.9 Å². The summed E-state index contributed by atoms with van der Waals surface area (Å²) >= 11 is 6.08. The second-order valence-electron chi connectivity index (χ2n) is 7.31. The molecule has 3 rings (SSSR count). The first kappa shape index (κ1) is 22.3. The highest BCUT2D eigenvalue weighted by Gasteiger charge is 2.30. The number of hydrogen-bond acceptors (Lipinski definition) is 4. The van der Waals surface area contributed by atoms with Crippen molar-refractivity contribution in [1.29, 1.82) is 5.41 Å². The van der Waals surface area contributed by atoms with Crippen LogP contribution in [0.15, 0.2) is 47.4 Å². The molecule has 1 aliphatic heterocycles. The van der Waals surface area contributed by atoms with Crippen LogP contribution in [0.3, 0.4) is 0 Å². The number of carbonyl (C=O) groups is 1. The molecular weight excluding hydrogens is 424 g/mol. The van der Waals surface area contributed by atoms with Gasteiger partial charge in [-0.2, -0.15) is 4.31 Å². The minimum Gasteiger partial charge on any atom is -0.384 e. The number of nitrogens with zero attached hydrogens (tertiary/aromatic N) is 2. The molecule has 0 aromatic heterocycles. The number of nitrogens with two attached hydrogens (primary N) is 1. The van der Waals surface area contributed by atoms with E-state index < -0.39 is 10.0 Å². The van der Waals surface area contributed by atoms with Crippen molar-refractivity contribution in [3.8, 4) is 0 Å². The molecule has 7 nitrogen and oxygen atoms in total. The van der Waals surface area contributed by atoms with Crippen molar-refractivity contribution in [1.82, 2.24) is 9.21 Å². The zero-order chi connectivity index (χ0) is 21.9. The van der Waals surface area contributed by atoms with Crippen LogP contribution in [0.25, 0.3) is 0 Å². The molecular formula is C21H25ClN4O3S. The first-order valence-electron chi connectivity index (χ1n) is 9.66. The molecule has 0 atom stereocenters. The van der Waals surface area contributed by atoms with E-state index in [4.69, 9.17) is 22.7 Å². The SMILES string of the molecule is Cc1ccc(S(=O)(=O)N2CCN(C(=O)CCc3cccc(C(=N)N)c3)CC2)cc1Cl. The summed E-state index contributed by atoms with van der Waals surface area (Å²) in [4.78, 5) is 14.4. The minimum atomic E-state index is -3.64. The number of nitrogens with one attached hydrogen (secondary N) is 1. The molecule has 9 heteroatoms. The maximum Gasteiger partial charge on any atom is 0.243 e. The van der Waals surface area contributed by atoms with Crippen LogP contribution in [-0.2, 0) is 21.2 Å². The van der Waals surface area contributed by atoms with Gasteiger partial charge in [0.05, 0.1) is 4.90 Å². The molecule has 30 heavy (non-hydrogen) atoms. The molecule has 160 valence electrons. The fourth-order valence-electron chi connectivity index (χ4n) is 3.36. The molecule has 1 saturated heterocycles. The number of nitrogen functional groups attached to an aromatic ring is 1. The van der Waals surface area contributed by atoms with E-state index in [0.29, 0.717) is 36.5 Å².